The molecule has 3 heterocycles. The van der Waals surface area contributed by atoms with Gasteiger partial charge in [0.15, 0.2) is 9.84 Å². The number of aromatic nitrogens is 2. The zero-order valence-corrected chi connectivity index (χ0v) is 19.8. The Kier molecular flexibility index (Phi) is 6.49. The Hall–Kier alpha value is -2.14. The molecule has 4 rings (SSSR count). The Bertz CT molecular complexity index is 1160. The van der Waals surface area contributed by atoms with Gasteiger partial charge in [-0.1, -0.05) is 23.2 Å². The highest BCUT2D eigenvalue weighted by molar-refractivity contribution is 7.91. The molecule has 2 amide bonds. The molecule has 32 heavy (non-hydrogen) atoms. The zero-order chi connectivity index (χ0) is 23.0. The maximum absolute atomic E-state index is 12.6. The fourth-order valence-corrected chi connectivity index (χ4v) is 5.66. The first-order valence-corrected chi connectivity index (χ1v) is 12.6. The maximum Gasteiger partial charge on any atom is 0.344 e. The fraction of sp³-hybridized carbons (Fsp3) is 0.450. The number of amides is 2. The highest BCUT2D eigenvalue weighted by Gasteiger charge is 2.35. The molecular weight excluding hydrogens is 477 g/mol. The molecule has 0 aliphatic carbocycles. The number of hydrogen-bond acceptors (Lipinski definition) is 6. The number of aryl methyl sites for hydroxylation is 1. The minimum absolute atomic E-state index is 0.0898. The molecule has 1 aromatic carbocycles. The summed E-state index contributed by atoms with van der Waals surface area (Å²) in [4.78, 5) is 31.2. The van der Waals surface area contributed by atoms with Crippen LogP contribution in [0.5, 0.6) is 0 Å². The smallest absolute Gasteiger partial charge is 0.340 e. The van der Waals surface area contributed by atoms with Gasteiger partial charge in [-0.15, -0.1) is 0 Å². The van der Waals surface area contributed by atoms with Crippen LogP contribution in [0.25, 0.3) is 0 Å². The van der Waals surface area contributed by atoms with Crippen molar-refractivity contribution in [2.75, 3.05) is 31.9 Å². The Balaban J connectivity index is 1.25. The van der Waals surface area contributed by atoms with Crippen LogP contribution in [0.15, 0.2) is 29.3 Å². The van der Waals surface area contributed by atoms with Crippen molar-refractivity contribution in [1.29, 1.82) is 0 Å². The molecule has 2 aliphatic rings. The zero-order valence-electron chi connectivity index (χ0n) is 17.5. The van der Waals surface area contributed by atoms with Crippen LogP contribution in [0.1, 0.15) is 24.4 Å². The summed E-state index contributed by atoms with van der Waals surface area (Å²) in [5, 5.41) is 4.11. The fourth-order valence-electron chi connectivity index (χ4n) is 3.97. The van der Waals surface area contributed by atoms with Gasteiger partial charge in [-0.3, -0.25) is 9.80 Å². The molecular formula is C20H23Cl2N5O4S. The first-order chi connectivity index (χ1) is 15.2. The van der Waals surface area contributed by atoms with Gasteiger partial charge in [0.25, 0.3) is 0 Å². The minimum Gasteiger partial charge on any atom is -0.340 e. The predicted molar refractivity (Wildman–Crippen MR) is 119 cm³/mol. The van der Waals surface area contributed by atoms with Crippen molar-refractivity contribution in [2.45, 2.75) is 31.2 Å². The number of rotatable bonds is 6. The Morgan fingerprint density at radius 2 is 1.84 bits per heavy atom. The van der Waals surface area contributed by atoms with Crippen LogP contribution in [0.4, 0.5) is 4.79 Å². The maximum atomic E-state index is 12.6. The summed E-state index contributed by atoms with van der Waals surface area (Å²) in [5.41, 5.74) is 0.856. The molecule has 9 nitrogen and oxygen atoms in total. The van der Waals surface area contributed by atoms with Gasteiger partial charge >= 0.3 is 6.03 Å². The van der Waals surface area contributed by atoms with Crippen molar-refractivity contribution in [3.05, 3.63) is 46.0 Å². The van der Waals surface area contributed by atoms with Crippen LogP contribution in [0.3, 0.4) is 0 Å². The summed E-state index contributed by atoms with van der Waals surface area (Å²) in [6.07, 6.45) is 2.06. The third-order valence-corrected chi connectivity index (χ3v) is 8.28. The topological polar surface area (TPSA) is 95.8 Å². The number of hydrogen-bond donors (Lipinski definition) is 0. The lowest BCUT2D eigenvalue weighted by molar-refractivity contribution is -0.135. The molecule has 0 N–H and O–H groups in total. The van der Waals surface area contributed by atoms with E-state index in [-0.39, 0.29) is 45.5 Å². The molecule has 0 atom stereocenters. The number of sulfone groups is 1. The van der Waals surface area contributed by atoms with Crippen molar-refractivity contribution in [3.8, 4) is 0 Å². The highest BCUT2D eigenvalue weighted by atomic mass is 35.5. The average molecular weight is 500 g/mol. The number of carbonyl (C=O) groups is 2. The molecule has 2 aliphatic heterocycles. The lowest BCUT2D eigenvalue weighted by atomic mass is 10.2. The van der Waals surface area contributed by atoms with E-state index >= 15 is 0 Å². The van der Waals surface area contributed by atoms with Gasteiger partial charge in [-0.25, -0.2) is 27.8 Å². The van der Waals surface area contributed by atoms with E-state index in [4.69, 9.17) is 23.2 Å². The standard InChI is InChI=1S/C20H23Cl2N5O4S/c1-14-23-12-15-13-26(20(29)27(14)15)25-8-6-24(7-9-25)19(28)3-2-10-32(30,31)16-4-5-17(21)18(22)11-16/h4-5,11-12H,2-3,6-10,13H2,1H3. The first kappa shape index (κ1) is 23.0. The van der Waals surface area contributed by atoms with Crippen molar-refractivity contribution in [2.24, 2.45) is 0 Å². The van der Waals surface area contributed by atoms with Gasteiger partial charge in [0.2, 0.25) is 5.91 Å². The van der Waals surface area contributed by atoms with E-state index in [1.54, 1.807) is 27.6 Å². The van der Waals surface area contributed by atoms with Crippen LogP contribution < -0.4 is 0 Å². The van der Waals surface area contributed by atoms with Crippen LogP contribution in [0.2, 0.25) is 10.0 Å². The van der Waals surface area contributed by atoms with E-state index in [0.717, 1.165) is 5.69 Å². The highest BCUT2D eigenvalue weighted by Crippen LogP contribution is 2.26. The van der Waals surface area contributed by atoms with Gasteiger partial charge in [-0.2, -0.15) is 0 Å². The van der Waals surface area contributed by atoms with Crippen LogP contribution in [0, 0.1) is 6.92 Å². The van der Waals surface area contributed by atoms with Crippen molar-refractivity contribution in [3.63, 3.8) is 0 Å². The molecule has 12 heteroatoms. The van der Waals surface area contributed by atoms with E-state index in [9.17, 15) is 18.0 Å². The predicted octanol–water partition coefficient (Wildman–Crippen LogP) is 2.60. The monoisotopic (exact) mass is 499 g/mol. The number of imidazole rings is 1. The van der Waals surface area contributed by atoms with Crippen LogP contribution in [-0.4, -0.2) is 76.8 Å². The molecule has 1 fully saturated rings. The summed E-state index contributed by atoms with van der Waals surface area (Å²) in [6.45, 7) is 4.30. The number of carbonyl (C=O) groups excluding carboxylic acids is 2. The van der Waals surface area contributed by atoms with E-state index in [0.29, 0.717) is 38.5 Å². The van der Waals surface area contributed by atoms with Crippen LogP contribution >= 0.6 is 23.2 Å². The number of hydrazine groups is 1. The SMILES string of the molecule is Cc1ncc2n1C(=O)N(N1CCN(C(=O)CCCS(=O)(=O)c3ccc(Cl)c(Cl)c3)CC1)C2. The molecule has 2 aromatic rings. The molecule has 1 aromatic heterocycles. The molecule has 172 valence electrons. The summed E-state index contributed by atoms with van der Waals surface area (Å²) in [6, 6.07) is 4.07. The molecule has 0 saturated carbocycles. The minimum atomic E-state index is -3.55. The summed E-state index contributed by atoms with van der Waals surface area (Å²) in [7, 11) is -3.55. The Labute approximate surface area is 196 Å². The van der Waals surface area contributed by atoms with Crippen molar-refractivity contribution in [1.82, 2.24) is 24.5 Å². The average Bonchev–Trinajstić information content (AvgIpc) is 3.29. The third-order valence-electron chi connectivity index (χ3n) is 5.74. The largest absolute Gasteiger partial charge is 0.344 e. The van der Waals surface area contributed by atoms with Gasteiger partial charge in [0, 0.05) is 32.6 Å². The molecule has 0 bridgehead atoms. The van der Waals surface area contributed by atoms with Gasteiger partial charge < -0.3 is 4.90 Å². The number of piperazine rings is 1. The third kappa shape index (κ3) is 4.50. The normalized spacial score (nSPS) is 17.2. The first-order valence-electron chi connectivity index (χ1n) is 10.2. The number of halogens is 2. The van der Waals surface area contributed by atoms with E-state index in [2.05, 4.69) is 4.98 Å². The van der Waals surface area contributed by atoms with Gasteiger partial charge in [-0.05, 0) is 31.5 Å². The lowest BCUT2D eigenvalue weighted by Gasteiger charge is -2.38. The number of benzene rings is 1. The van der Waals surface area contributed by atoms with Gasteiger partial charge in [0.05, 0.1) is 39.1 Å². The quantitative estimate of drug-likeness (QED) is 0.605. The number of fused-ring (bicyclic) bond motifs is 1. The summed E-state index contributed by atoms with van der Waals surface area (Å²) >= 11 is 11.8. The van der Waals surface area contributed by atoms with E-state index in [1.165, 1.54) is 18.2 Å². The second kappa shape index (κ2) is 9.01. The second-order valence-corrected chi connectivity index (χ2v) is 10.7. The Morgan fingerprint density at radius 1 is 1.12 bits per heavy atom. The van der Waals surface area contributed by atoms with E-state index < -0.39 is 9.84 Å². The van der Waals surface area contributed by atoms with Gasteiger partial charge in [0.1, 0.15) is 5.82 Å². The molecule has 0 spiro atoms. The molecule has 0 unspecified atom stereocenters. The van der Waals surface area contributed by atoms with Crippen molar-refractivity contribution < 1.29 is 18.0 Å². The van der Waals surface area contributed by atoms with Crippen LogP contribution in [-0.2, 0) is 21.2 Å². The summed E-state index contributed by atoms with van der Waals surface area (Å²) < 4.78 is 26.6. The number of nitrogens with zero attached hydrogens (tertiary/aromatic N) is 5. The summed E-state index contributed by atoms with van der Waals surface area (Å²) in [5.74, 6) is 0.426. The lowest BCUT2D eigenvalue weighted by Crippen LogP contribution is -2.55. The van der Waals surface area contributed by atoms with E-state index in [1.807, 2.05) is 5.01 Å². The van der Waals surface area contributed by atoms with Crippen molar-refractivity contribution >= 4 is 45.0 Å². The molecule has 0 radical (unpaired) electrons. The molecule has 1 saturated heterocycles. The second-order valence-electron chi connectivity index (χ2n) is 7.81. The Morgan fingerprint density at radius 3 is 2.50 bits per heavy atom.